The summed E-state index contributed by atoms with van der Waals surface area (Å²) in [5, 5.41) is 6.53. The summed E-state index contributed by atoms with van der Waals surface area (Å²) in [6, 6.07) is 1.05. The van der Waals surface area contributed by atoms with E-state index in [0.29, 0.717) is 24.4 Å². The Hall–Kier alpha value is 0.110. The molecule has 7 heteroatoms. The topological polar surface area (TPSA) is 56.7 Å². The summed E-state index contributed by atoms with van der Waals surface area (Å²) in [7, 11) is -0.837. The number of rotatable bonds is 9. The lowest BCUT2D eigenvalue weighted by Crippen LogP contribution is -2.42. The van der Waals surface area contributed by atoms with Crippen LogP contribution in [0.1, 0.15) is 55.4 Å². The molecule has 0 aromatic carbocycles. The Labute approximate surface area is 169 Å². The van der Waals surface area contributed by atoms with E-state index in [-0.39, 0.29) is 28.7 Å². The Balaban J connectivity index is 0. The van der Waals surface area contributed by atoms with Crippen LogP contribution in [-0.4, -0.2) is 63.8 Å². The molecule has 0 amide bonds. The van der Waals surface area contributed by atoms with E-state index in [2.05, 4.69) is 55.1 Å². The number of guanidine groups is 1. The van der Waals surface area contributed by atoms with E-state index in [9.17, 15) is 4.21 Å². The monoisotopic (exact) mass is 474 g/mol. The molecule has 0 heterocycles. The van der Waals surface area contributed by atoms with Crippen LogP contribution in [0, 0.1) is 0 Å². The molecule has 5 nitrogen and oxygen atoms in total. The molecule has 1 atom stereocenters. The van der Waals surface area contributed by atoms with Crippen molar-refractivity contribution in [2.24, 2.45) is 4.99 Å². The maximum absolute atomic E-state index is 12.1. The highest BCUT2D eigenvalue weighted by molar-refractivity contribution is 14.0. The lowest BCUT2D eigenvalue weighted by Gasteiger charge is -2.29. The predicted molar refractivity (Wildman–Crippen MR) is 119 cm³/mol. The van der Waals surface area contributed by atoms with Gasteiger partial charge in [-0.25, -0.2) is 0 Å². The Bertz CT molecular complexity index is 373. The van der Waals surface area contributed by atoms with Crippen LogP contribution < -0.4 is 10.6 Å². The van der Waals surface area contributed by atoms with E-state index < -0.39 is 10.8 Å². The first-order valence-corrected chi connectivity index (χ1v) is 10.1. The van der Waals surface area contributed by atoms with E-state index >= 15 is 0 Å². The van der Waals surface area contributed by atoms with Gasteiger partial charge in [-0.1, -0.05) is 0 Å². The van der Waals surface area contributed by atoms with Gasteiger partial charge in [0.2, 0.25) is 0 Å². The lowest BCUT2D eigenvalue weighted by molar-refractivity contribution is 0.181. The van der Waals surface area contributed by atoms with Crippen molar-refractivity contribution in [2.45, 2.75) is 72.2 Å². The van der Waals surface area contributed by atoms with Crippen molar-refractivity contribution < 1.29 is 4.21 Å². The fourth-order valence-electron chi connectivity index (χ4n) is 2.30. The molecule has 0 fully saturated rings. The van der Waals surface area contributed by atoms with Gasteiger partial charge in [0.1, 0.15) is 0 Å². The van der Waals surface area contributed by atoms with Crippen molar-refractivity contribution in [3.63, 3.8) is 0 Å². The van der Waals surface area contributed by atoms with Crippen molar-refractivity contribution in [1.29, 1.82) is 0 Å². The van der Waals surface area contributed by atoms with Gasteiger partial charge in [-0.15, -0.1) is 24.0 Å². The summed E-state index contributed by atoms with van der Waals surface area (Å²) < 4.78 is 11.9. The molecule has 0 saturated carbocycles. The van der Waals surface area contributed by atoms with Crippen LogP contribution in [-0.2, 0) is 10.8 Å². The molecule has 0 aliphatic heterocycles. The number of aliphatic imine (C=N–C) groups is 1. The second-order valence-corrected chi connectivity index (χ2v) is 9.60. The third-order valence-corrected chi connectivity index (χ3v) is 5.50. The van der Waals surface area contributed by atoms with E-state index in [1.165, 1.54) is 0 Å². The SMILES string of the molecule is CCNC(=NCCN(C(C)C)C(C)C)NCCS(=O)C(C)(C)C.I. The molecule has 24 heavy (non-hydrogen) atoms. The van der Waals surface area contributed by atoms with Crippen molar-refractivity contribution in [1.82, 2.24) is 15.5 Å². The van der Waals surface area contributed by atoms with Crippen LogP contribution in [0.15, 0.2) is 4.99 Å². The second kappa shape index (κ2) is 13.3. The van der Waals surface area contributed by atoms with Gasteiger partial charge in [0.15, 0.2) is 5.96 Å². The third kappa shape index (κ3) is 11.6. The minimum atomic E-state index is -0.837. The smallest absolute Gasteiger partial charge is 0.191 e. The molecule has 0 spiro atoms. The van der Waals surface area contributed by atoms with Gasteiger partial charge in [0.05, 0.1) is 6.54 Å². The number of hydrogen-bond donors (Lipinski definition) is 2. The minimum absolute atomic E-state index is 0. The Morgan fingerprint density at radius 1 is 1.12 bits per heavy atom. The zero-order valence-corrected chi connectivity index (χ0v) is 20.0. The quantitative estimate of drug-likeness (QED) is 0.307. The van der Waals surface area contributed by atoms with E-state index in [1.807, 2.05) is 20.8 Å². The van der Waals surface area contributed by atoms with Crippen LogP contribution >= 0.6 is 24.0 Å². The van der Waals surface area contributed by atoms with Gasteiger partial charge in [0, 0.05) is 53.0 Å². The predicted octanol–water partition coefficient (Wildman–Crippen LogP) is 2.83. The number of nitrogens with zero attached hydrogens (tertiary/aromatic N) is 2. The summed E-state index contributed by atoms with van der Waals surface area (Å²) in [5.41, 5.74) is 0. The third-order valence-electron chi connectivity index (χ3n) is 3.56. The summed E-state index contributed by atoms with van der Waals surface area (Å²) in [6.07, 6.45) is 0. The highest BCUT2D eigenvalue weighted by Gasteiger charge is 2.18. The minimum Gasteiger partial charge on any atom is -0.357 e. The van der Waals surface area contributed by atoms with Crippen LogP contribution in [0.4, 0.5) is 0 Å². The van der Waals surface area contributed by atoms with Gasteiger partial charge < -0.3 is 10.6 Å². The summed E-state index contributed by atoms with van der Waals surface area (Å²) >= 11 is 0. The fourth-order valence-corrected chi connectivity index (χ4v) is 3.20. The molecule has 2 N–H and O–H groups in total. The van der Waals surface area contributed by atoms with Gasteiger partial charge >= 0.3 is 0 Å². The average Bonchev–Trinajstić information content (AvgIpc) is 2.41. The molecule has 0 aliphatic carbocycles. The molecule has 1 unspecified atom stereocenters. The second-order valence-electron chi connectivity index (χ2n) is 7.27. The molecule has 0 aromatic heterocycles. The summed E-state index contributed by atoms with van der Waals surface area (Å²) in [6.45, 7) is 20.2. The maximum atomic E-state index is 12.1. The first-order valence-electron chi connectivity index (χ1n) is 8.76. The molecule has 0 saturated heterocycles. The Morgan fingerprint density at radius 3 is 2.08 bits per heavy atom. The molecular weight excluding hydrogens is 435 g/mol. The standard InChI is InChI=1S/C17H38N4OS.HI/c1-9-18-16(20-11-13-23(22)17(6,7)8)19-10-12-21(14(2)3)15(4)5;/h14-15H,9-13H2,1-8H3,(H2,18,19,20);1H. The highest BCUT2D eigenvalue weighted by atomic mass is 127. The van der Waals surface area contributed by atoms with E-state index in [4.69, 9.17) is 0 Å². The highest BCUT2D eigenvalue weighted by Crippen LogP contribution is 2.10. The normalized spacial score (nSPS) is 14.0. The van der Waals surface area contributed by atoms with Gasteiger partial charge in [-0.2, -0.15) is 0 Å². The Morgan fingerprint density at radius 2 is 1.67 bits per heavy atom. The molecule has 0 aromatic rings. The summed E-state index contributed by atoms with van der Waals surface area (Å²) in [4.78, 5) is 7.06. The van der Waals surface area contributed by atoms with Gasteiger partial charge in [0.25, 0.3) is 0 Å². The van der Waals surface area contributed by atoms with Gasteiger partial charge in [-0.05, 0) is 55.4 Å². The van der Waals surface area contributed by atoms with Crippen molar-refractivity contribution in [2.75, 3.05) is 31.9 Å². The molecule has 0 bridgehead atoms. The van der Waals surface area contributed by atoms with E-state index in [1.54, 1.807) is 0 Å². The first-order chi connectivity index (χ1) is 10.6. The van der Waals surface area contributed by atoms with Crippen LogP contribution in [0.3, 0.4) is 0 Å². The van der Waals surface area contributed by atoms with Crippen LogP contribution in [0.5, 0.6) is 0 Å². The molecule has 146 valence electrons. The largest absolute Gasteiger partial charge is 0.357 e. The fraction of sp³-hybridized carbons (Fsp3) is 0.941. The van der Waals surface area contributed by atoms with Crippen molar-refractivity contribution >= 4 is 40.7 Å². The van der Waals surface area contributed by atoms with Crippen molar-refractivity contribution in [3.05, 3.63) is 0 Å². The zero-order valence-electron chi connectivity index (χ0n) is 16.8. The van der Waals surface area contributed by atoms with Crippen molar-refractivity contribution in [3.8, 4) is 0 Å². The molecule has 0 radical (unpaired) electrons. The number of hydrogen-bond acceptors (Lipinski definition) is 3. The lowest BCUT2D eigenvalue weighted by atomic mass is 10.2. The maximum Gasteiger partial charge on any atom is 0.191 e. The summed E-state index contributed by atoms with van der Waals surface area (Å²) in [5.74, 6) is 1.45. The number of halogens is 1. The zero-order chi connectivity index (χ0) is 18.0. The molecular formula is C17H39IN4OS. The molecule has 0 rings (SSSR count). The molecule has 0 aliphatic rings. The Kier molecular flexibility index (Phi) is 14.6. The van der Waals surface area contributed by atoms with E-state index in [0.717, 1.165) is 25.6 Å². The first kappa shape index (κ1) is 26.3. The van der Waals surface area contributed by atoms with Crippen LogP contribution in [0.2, 0.25) is 0 Å². The van der Waals surface area contributed by atoms with Gasteiger partial charge in [-0.3, -0.25) is 14.1 Å². The average molecular weight is 474 g/mol. The number of nitrogens with one attached hydrogen (secondary N) is 2. The van der Waals surface area contributed by atoms with Crippen LogP contribution in [0.25, 0.3) is 0 Å².